The van der Waals surface area contributed by atoms with Crippen LogP contribution >= 0.6 is 23.1 Å². The topological polar surface area (TPSA) is 72.8 Å². The van der Waals surface area contributed by atoms with Crippen molar-refractivity contribution in [1.82, 2.24) is 10.4 Å². The normalized spacial score (nSPS) is 11.0. The van der Waals surface area contributed by atoms with E-state index < -0.39 is 0 Å². The van der Waals surface area contributed by atoms with Gasteiger partial charge in [-0.2, -0.15) is 5.10 Å². The van der Waals surface area contributed by atoms with Gasteiger partial charge in [0.05, 0.1) is 36.4 Å². The van der Waals surface area contributed by atoms with Crippen LogP contribution in [0.3, 0.4) is 0 Å². The molecule has 1 aromatic heterocycles. The van der Waals surface area contributed by atoms with E-state index in [4.69, 9.17) is 9.47 Å². The van der Waals surface area contributed by atoms with Crippen LogP contribution in [0.2, 0.25) is 0 Å². The van der Waals surface area contributed by atoms with Crippen LogP contribution in [0.15, 0.2) is 51.9 Å². The molecule has 0 aliphatic rings. The first-order valence-corrected chi connectivity index (χ1v) is 9.52. The maximum absolute atomic E-state index is 12.0. The second kappa shape index (κ2) is 8.68. The van der Waals surface area contributed by atoms with E-state index in [1.807, 2.05) is 30.3 Å². The number of benzene rings is 2. The van der Waals surface area contributed by atoms with Gasteiger partial charge in [-0.25, -0.2) is 10.4 Å². The molecule has 3 rings (SSSR count). The molecule has 0 radical (unpaired) electrons. The number of aromatic nitrogens is 1. The minimum absolute atomic E-state index is 0.196. The summed E-state index contributed by atoms with van der Waals surface area (Å²) in [6, 6.07) is 13.3. The molecule has 0 saturated heterocycles. The third-order valence-corrected chi connectivity index (χ3v) is 5.61. The summed E-state index contributed by atoms with van der Waals surface area (Å²) >= 11 is 2.97. The lowest BCUT2D eigenvalue weighted by molar-refractivity contribution is -0.118. The first-order chi connectivity index (χ1) is 12.7. The Labute approximate surface area is 159 Å². The largest absolute Gasteiger partial charge is 0.497 e. The van der Waals surface area contributed by atoms with Gasteiger partial charge in [0.2, 0.25) is 0 Å². The number of nitrogens with zero attached hydrogens (tertiary/aromatic N) is 2. The van der Waals surface area contributed by atoms with Crippen LogP contribution in [0, 0.1) is 0 Å². The van der Waals surface area contributed by atoms with E-state index in [0.29, 0.717) is 11.5 Å². The number of ether oxygens (including phenoxy) is 2. The monoisotopic (exact) mass is 387 g/mol. The predicted octanol–water partition coefficient (Wildman–Crippen LogP) is 3.56. The van der Waals surface area contributed by atoms with Crippen molar-refractivity contribution in [1.29, 1.82) is 0 Å². The number of hydrazone groups is 1. The third kappa shape index (κ3) is 4.53. The zero-order valence-corrected chi connectivity index (χ0v) is 15.9. The lowest BCUT2D eigenvalue weighted by Gasteiger charge is -2.06. The number of fused-ring (bicyclic) bond motifs is 1. The van der Waals surface area contributed by atoms with Gasteiger partial charge >= 0.3 is 0 Å². The molecule has 1 amide bonds. The number of para-hydroxylation sites is 1. The number of thioether (sulfide) groups is 1. The average molecular weight is 387 g/mol. The highest BCUT2D eigenvalue weighted by Gasteiger charge is 2.07. The van der Waals surface area contributed by atoms with Crippen LogP contribution < -0.4 is 14.9 Å². The molecule has 0 saturated carbocycles. The molecule has 0 bridgehead atoms. The molecular formula is C18H17N3O3S2. The van der Waals surface area contributed by atoms with Crippen LogP contribution in [0.1, 0.15) is 5.56 Å². The highest BCUT2D eigenvalue weighted by molar-refractivity contribution is 8.01. The zero-order valence-electron chi connectivity index (χ0n) is 14.3. The second-order valence-electron chi connectivity index (χ2n) is 5.14. The Bertz CT molecular complexity index is 907. The summed E-state index contributed by atoms with van der Waals surface area (Å²) < 4.78 is 12.4. The zero-order chi connectivity index (χ0) is 18.4. The fourth-order valence-electron chi connectivity index (χ4n) is 2.17. The van der Waals surface area contributed by atoms with Crippen molar-refractivity contribution in [3.63, 3.8) is 0 Å². The number of hydrogen-bond acceptors (Lipinski definition) is 7. The first-order valence-electron chi connectivity index (χ1n) is 7.72. The molecular weight excluding hydrogens is 370 g/mol. The van der Waals surface area contributed by atoms with Crippen molar-refractivity contribution in [3.05, 3.63) is 48.0 Å². The van der Waals surface area contributed by atoms with Gasteiger partial charge in [-0.1, -0.05) is 23.9 Å². The molecule has 0 spiro atoms. The minimum atomic E-state index is -0.196. The van der Waals surface area contributed by atoms with Gasteiger partial charge in [-0.15, -0.1) is 11.3 Å². The molecule has 134 valence electrons. The van der Waals surface area contributed by atoms with Crippen molar-refractivity contribution < 1.29 is 14.3 Å². The average Bonchev–Trinajstić information content (AvgIpc) is 3.09. The highest BCUT2D eigenvalue weighted by atomic mass is 32.2. The van der Waals surface area contributed by atoms with Gasteiger partial charge in [0.1, 0.15) is 11.5 Å². The standard InChI is InChI=1S/C18H17N3O3S2/c1-23-13-8-7-12(15(9-13)24-2)10-19-21-17(22)11-25-18-20-14-5-3-4-6-16(14)26-18/h3-10H,11H2,1-2H3,(H,21,22)/b19-10-. The molecule has 0 aliphatic carbocycles. The van der Waals surface area contributed by atoms with Crippen molar-refractivity contribution in [2.24, 2.45) is 5.10 Å². The second-order valence-corrected chi connectivity index (χ2v) is 7.39. The number of nitrogens with one attached hydrogen (secondary N) is 1. The lowest BCUT2D eigenvalue weighted by Crippen LogP contribution is -2.19. The minimum Gasteiger partial charge on any atom is -0.497 e. The van der Waals surface area contributed by atoms with E-state index in [1.54, 1.807) is 43.9 Å². The molecule has 0 aliphatic heterocycles. The molecule has 26 heavy (non-hydrogen) atoms. The van der Waals surface area contributed by atoms with Crippen LogP contribution in [-0.2, 0) is 4.79 Å². The molecule has 8 heteroatoms. The lowest BCUT2D eigenvalue weighted by atomic mass is 10.2. The van der Waals surface area contributed by atoms with Gasteiger partial charge in [-0.05, 0) is 24.3 Å². The van der Waals surface area contributed by atoms with Crippen LogP contribution in [0.4, 0.5) is 0 Å². The van der Waals surface area contributed by atoms with E-state index in [0.717, 1.165) is 20.1 Å². The predicted molar refractivity (Wildman–Crippen MR) is 106 cm³/mol. The Balaban J connectivity index is 1.54. The quantitative estimate of drug-likeness (QED) is 0.381. The molecule has 0 unspecified atom stereocenters. The Morgan fingerprint density at radius 1 is 1.27 bits per heavy atom. The van der Waals surface area contributed by atoms with Gasteiger partial charge in [-0.3, -0.25) is 4.79 Å². The first kappa shape index (κ1) is 18.2. The molecule has 6 nitrogen and oxygen atoms in total. The number of rotatable bonds is 7. The molecule has 1 N–H and O–H groups in total. The van der Waals surface area contributed by atoms with E-state index in [1.165, 1.54) is 11.8 Å². The molecule has 3 aromatic rings. The maximum atomic E-state index is 12.0. The Kier molecular flexibility index (Phi) is 6.08. The van der Waals surface area contributed by atoms with Gasteiger partial charge in [0.25, 0.3) is 5.91 Å². The molecule has 1 heterocycles. The SMILES string of the molecule is COc1ccc(/C=N\NC(=O)CSc2nc3ccccc3s2)c(OC)c1. The van der Waals surface area contributed by atoms with Crippen molar-refractivity contribution >= 4 is 45.4 Å². The third-order valence-electron chi connectivity index (χ3n) is 3.43. The summed E-state index contributed by atoms with van der Waals surface area (Å²) in [7, 11) is 3.16. The number of carbonyl (C=O) groups is 1. The number of thiazole rings is 1. The molecule has 0 fully saturated rings. The molecule has 0 atom stereocenters. The fourth-order valence-corrected chi connectivity index (χ4v) is 4.03. The molecule has 2 aromatic carbocycles. The van der Waals surface area contributed by atoms with E-state index in [9.17, 15) is 4.79 Å². The number of hydrogen-bond donors (Lipinski definition) is 1. The van der Waals surface area contributed by atoms with Gasteiger partial charge in [0, 0.05) is 11.6 Å². The van der Waals surface area contributed by atoms with Crippen molar-refractivity contribution in [2.75, 3.05) is 20.0 Å². The summed E-state index contributed by atoms with van der Waals surface area (Å²) in [5.74, 6) is 1.36. The van der Waals surface area contributed by atoms with Gasteiger partial charge < -0.3 is 9.47 Å². The summed E-state index contributed by atoms with van der Waals surface area (Å²) in [6.45, 7) is 0. The van der Waals surface area contributed by atoms with Crippen LogP contribution in [-0.4, -0.2) is 37.1 Å². The summed E-state index contributed by atoms with van der Waals surface area (Å²) in [6.07, 6.45) is 1.54. The number of methoxy groups -OCH3 is 2. The van der Waals surface area contributed by atoms with E-state index >= 15 is 0 Å². The van der Waals surface area contributed by atoms with Crippen molar-refractivity contribution in [2.45, 2.75) is 4.34 Å². The van der Waals surface area contributed by atoms with E-state index in [-0.39, 0.29) is 11.7 Å². The number of carbonyl (C=O) groups excluding carboxylic acids is 1. The highest BCUT2D eigenvalue weighted by Crippen LogP contribution is 2.29. The Hall–Kier alpha value is -2.58. The summed E-state index contributed by atoms with van der Waals surface area (Å²) in [5, 5.41) is 3.98. The Morgan fingerprint density at radius 2 is 2.12 bits per heavy atom. The van der Waals surface area contributed by atoms with Gasteiger partial charge in [0.15, 0.2) is 4.34 Å². The van der Waals surface area contributed by atoms with E-state index in [2.05, 4.69) is 15.5 Å². The Morgan fingerprint density at radius 3 is 2.88 bits per heavy atom. The van der Waals surface area contributed by atoms with Crippen LogP contribution in [0.25, 0.3) is 10.2 Å². The smallest absolute Gasteiger partial charge is 0.250 e. The van der Waals surface area contributed by atoms with Crippen LogP contribution in [0.5, 0.6) is 11.5 Å². The summed E-state index contributed by atoms with van der Waals surface area (Å²) in [5.41, 5.74) is 4.21. The van der Waals surface area contributed by atoms with Crippen molar-refractivity contribution in [3.8, 4) is 11.5 Å². The fraction of sp³-hybridized carbons (Fsp3) is 0.167. The maximum Gasteiger partial charge on any atom is 0.250 e. The summed E-state index contributed by atoms with van der Waals surface area (Å²) in [4.78, 5) is 16.4. The number of amides is 1.